The fourth-order valence-electron chi connectivity index (χ4n) is 2.32. The molecule has 0 saturated heterocycles. The van der Waals surface area contributed by atoms with Crippen molar-refractivity contribution in [2.24, 2.45) is 17.6 Å². The second-order valence-electron chi connectivity index (χ2n) is 7.03. The first kappa shape index (κ1) is 18.7. The van der Waals surface area contributed by atoms with Crippen LogP contribution < -0.4 is 11.1 Å². The molecule has 1 fully saturated rings. The SMILES string of the molecule is CC(C)C(OC(=O)NCC1CCCCC1)OC(=O)C(C)(C)N. The van der Waals surface area contributed by atoms with Gasteiger partial charge in [-0.05, 0) is 32.6 Å². The zero-order valence-corrected chi connectivity index (χ0v) is 14.2. The summed E-state index contributed by atoms with van der Waals surface area (Å²) in [5.74, 6) is -0.220. The van der Waals surface area contributed by atoms with Crippen molar-refractivity contribution in [2.45, 2.75) is 71.6 Å². The van der Waals surface area contributed by atoms with E-state index in [2.05, 4.69) is 5.32 Å². The Bertz CT molecular complexity index is 371. The predicted octanol–water partition coefficient (Wildman–Crippen LogP) is 2.56. The van der Waals surface area contributed by atoms with Crippen molar-refractivity contribution < 1.29 is 19.1 Å². The van der Waals surface area contributed by atoms with Crippen LogP contribution in [-0.2, 0) is 14.3 Å². The molecule has 1 aliphatic rings. The maximum atomic E-state index is 11.9. The van der Waals surface area contributed by atoms with E-state index in [0.29, 0.717) is 12.5 Å². The number of ether oxygens (including phenoxy) is 2. The summed E-state index contributed by atoms with van der Waals surface area (Å²) in [5.41, 5.74) is 4.57. The summed E-state index contributed by atoms with van der Waals surface area (Å²) in [6.45, 7) is 7.34. The summed E-state index contributed by atoms with van der Waals surface area (Å²) < 4.78 is 10.4. The number of carbonyl (C=O) groups excluding carboxylic acids is 2. The first-order valence-electron chi connectivity index (χ1n) is 8.14. The van der Waals surface area contributed by atoms with Crippen molar-refractivity contribution in [3.05, 3.63) is 0 Å². The molecule has 1 unspecified atom stereocenters. The Hall–Kier alpha value is -1.30. The minimum atomic E-state index is -1.12. The molecule has 1 saturated carbocycles. The third kappa shape index (κ3) is 6.64. The third-order valence-corrected chi connectivity index (χ3v) is 3.78. The van der Waals surface area contributed by atoms with Crippen molar-refractivity contribution in [3.63, 3.8) is 0 Å². The first-order valence-corrected chi connectivity index (χ1v) is 8.14. The summed E-state index contributed by atoms with van der Waals surface area (Å²) in [6, 6.07) is 0. The summed E-state index contributed by atoms with van der Waals surface area (Å²) in [6.07, 6.45) is 4.53. The van der Waals surface area contributed by atoms with Crippen LogP contribution in [0.1, 0.15) is 59.8 Å². The van der Waals surface area contributed by atoms with Crippen LogP contribution >= 0.6 is 0 Å². The lowest BCUT2D eigenvalue weighted by molar-refractivity contribution is -0.180. The van der Waals surface area contributed by atoms with E-state index < -0.39 is 23.9 Å². The molecule has 0 spiro atoms. The molecule has 3 N–H and O–H groups in total. The molecule has 0 aromatic carbocycles. The number of hydrogen-bond donors (Lipinski definition) is 2. The summed E-state index contributed by atoms with van der Waals surface area (Å²) in [7, 11) is 0. The normalized spacial score (nSPS) is 17.9. The zero-order chi connectivity index (χ0) is 16.8. The van der Waals surface area contributed by atoms with E-state index in [1.807, 2.05) is 13.8 Å². The Morgan fingerprint density at radius 1 is 1.18 bits per heavy atom. The highest BCUT2D eigenvalue weighted by atomic mass is 16.7. The third-order valence-electron chi connectivity index (χ3n) is 3.78. The lowest BCUT2D eigenvalue weighted by atomic mass is 9.89. The maximum Gasteiger partial charge on any atom is 0.410 e. The highest BCUT2D eigenvalue weighted by molar-refractivity contribution is 5.79. The van der Waals surface area contributed by atoms with Crippen LogP contribution in [0.3, 0.4) is 0 Å². The Morgan fingerprint density at radius 2 is 1.77 bits per heavy atom. The number of amides is 1. The average molecular weight is 314 g/mol. The maximum absolute atomic E-state index is 11.9. The molecule has 0 aliphatic heterocycles. The van der Waals surface area contributed by atoms with Crippen LogP contribution in [0, 0.1) is 11.8 Å². The molecule has 1 rings (SSSR count). The number of esters is 1. The van der Waals surface area contributed by atoms with Gasteiger partial charge in [0.2, 0.25) is 0 Å². The number of alkyl carbamates (subject to hydrolysis) is 1. The van der Waals surface area contributed by atoms with E-state index >= 15 is 0 Å². The fraction of sp³-hybridized carbons (Fsp3) is 0.875. The van der Waals surface area contributed by atoms with Gasteiger partial charge in [-0.3, -0.25) is 0 Å². The largest absolute Gasteiger partial charge is 0.423 e. The molecule has 6 heteroatoms. The van der Waals surface area contributed by atoms with Crippen molar-refractivity contribution in [2.75, 3.05) is 6.54 Å². The second-order valence-corrected chi connectivity index (χ2v) is 7.03. The molecule has 22 heavy (non-hydrogen) atoms. The number of nitrogens with one attached hydrogen (secondary N) is 1. The molecule has 0 aromatic rings. The molecule has 6 nitrogen and oxygen atoms in total. The van der Waals surface area contributed by atoms with Gasteiger partial charge in [0, 0.05) is 12.5 Å². The van der Waals surface area contributed by atoms with Gasteiger partial charge in [0.15, 0.2) is 0 Å². The van der Waals surface area contributed by atoms with Crippen LogP contribution in [-0.4, -0.2) is 30.4 Å². The smallest absolute Gasteiger partial charge is 0.410 e. The van der Waals surface area contributed by atoms with E-state index in [9.17, 15) is 9.59 Å². The molecular weight excluding hydrogens is 284 g/mol. The Morgan fingerprint density at radius 3 is 2.27 bits per heavy atom. The van der Waals surface area contributed by atoms with E-state index in [1.54, 1.807) is 13.8 Å². The van der Waals surface area contributed by atoms with Gasteiger partial charge in [-0.1, -0.05) is 33.1 Å². The quantitative estimate of drug-likeness (QED) is 0.581. The molecule has 0 heterocycles. The summed E-state index contributed by atoms with van der Waals surface area (Å²) in [4.78, 5) is 23.7. The highest BCUT2D eigenvalue weighted by Gasteiger charge is 2.30. The molecule has 1 aliphatic carbocycles. The Labute approximate surface area is 133 Å². The molecule has 1 amide bonds. The highest BCUT2D eigenvalue weighted by Crippen LogP contribution is 2.22. The van der Waals surface area contributed by atoms with E-state index in [-0.39, 0.29) is 5.92 Å². The number of carbonyl (C=O) groups is 2. The van der Waals surface area contributed by atoms with Gasteiger partial charge in [0.25, 0.3) is 6.29 Å². The van der Waals surface area contributed by atoms with E-state index in [1.165, 1.54) is 19.3 Å². The molecule has 128 valence electrons. The van der Waals surface area contributed by atoms with Crippen molar-refractivity contribution in [1.82, 2.24) is 5.32 Å². The molecule has 0 aromatic heterocycles. The lowest BCUT2D eigenvalue weighted by Crippen LogP contribution is -2.46. The van der Waals surface area contributed by atoms with Gasteiger partial charge in [0.05, 0.1) is 0 Å². The number of rotatable bonds is 6. The number of nitrogens with two attached hydrogens (primary N) is 1. The predicted molar refractivity (Wildman–Crippen MR) is 84.0 cm³/mol. The monoisotopic (exact) mass is 314 g/mol. The Kier molecular flexibility index (Phi) is 7.13. The van der Waals surface area contributed by atoms with Gasteiger partial charge < -0.3 is 20.5 Å². The zero-order valence-electron chi connectivity index (χ0n) is 14.2. The van der Waals surface area contributed by atoms with Crippen molar-refractivity contribution >= 4 is 12.1 Å². The van der Waals surface area contributed by atoms with Gasteiger partial charge >= 0.3 is 12.1 Å². The minimum absolute atomic E-state index is 0.147. The average Bonchev–Trinajstić information content (AvgIpc) is 2.44. The summed E-state index contributed by atoms with van der Waals surface area (Å²) in [5, 5.41) is 2.77. The van der Waals surface area contributed by atoms with E-state index in [4.69, 9.17) is 15.2 Å². The van der Waals surface area contributed by atoms with Gasteiger partial charge in [-0.2, -0.15) is 0 Å². The molecule has 1 atom stereocenters. The molecule has 0 bridgehead atoms. The fourth-order valence-corrected chi connectivity index (χ4v) is 2.32. The molecular formula is C16H30N2O4. The Balaban J connectivity index is 2.41. The van der Waals surface area contributed by atoms with Crippen LogP contribution in [0.4, 0.5) is 4.79 Å². The van der Waals surface area contributed by atoms with Crippen LogP contribution in [0.25, 0.3) is 0 Å². The standard InChI is InChI=1S/C16H30N2O4/c1-11(2)13(21-14(19)16(3,4)17)22-15(20)18-10-12-8-6-5-7-9-12/h11-13H,5-10,17H2,1-4H3,(H,18,20). The second kappa shape index (κ2) is 8.36. The molecule has 0 radical (unpaired) electrons. The lowest BCUT2D eigenvalue weighted by Gasteiger charge is -2.26. The number of hydrogen-bond acceptors (Lipinski definition) is 5. The van der Waals surface area contributed by atoms with Crippen molar-refractivity contribution in [1.29, 1.82) is 0 Å². The van der Waals surface area contributed by atoms with E-state index in [0.717, 1.165) is 12.8 Å². The van der Waals surface area contributed by atoms with Gasteiger partial charge in [-0.15, -0.1) is 0 Å². The van der Waals surface area contributed by atoms with Gasteiger partial charge in [-0.25, -0.2) is 9.59 Å². The topological polar surface area (TPSA) is 90.6 Å². The summed E-state index contributed by atoms with van der Waals surface area (Å²) >= 11 is 0. The van der Waals surface area contributed by atoms with Crippen LogP contribution in [0.2, 0.25) is 0 Å². The van der Waals surface area contributed by atoms with Gasteiger partial charge in [0.1, 0.15) is 5.54 Å². The van der Waals surface area contributed by atoms with Crippen molar-refractivity contribution in [3.8, 4) is 0 Å². The van der Waals surface area contributed by atoms with Crippen LogP contribution in [0.5, 0.6) is 0 Å². The minimum Gasteiger partial charge on any atom is -0.423 e. The van der Waals surface area contributed by atoms with Crippen LogP contribution in [0.15, 0.2) is 0 Å². The first-order chi connectivity index (χ1) is 10.2.